The Morgan fingerprint density at radius 3 is 2.62 bits per heavy atom. The highest BCUT2D eigenvalue weighted by atomic mass is 35.5. The van der Waals surface area contributed by atoms with Gasteiger partial charge in [-0.25, -0.2) is 0 Å². The summed E-state index contributed by atoms with van der Waals surface area (Å²) in [5.41, 5.74) is 12.7. The molecule has 6 N–H and O–H groups in total. The fraction of sp³-hybridized carbons (Fsp3) is 0.125. The molecule has 0 heterocycles. The Balaban J connectivity index is 2.25. The van der Waals surface area contributed by atoms with Crippen molar-refractivity contribution in [1.82, 2.24) is 5.32 Å². The number of ether oxygens (including phenoxy) is 1. The highest BCUT2D eigenvalue weighted by Gasteiger charge is 2.10. The molecule has 0 aromatic heterocycles. The molecule has 0 bridgehead atoms. The molecule has 0 unspecified atom stereocenters. The van der Waals surface area contributed by atoms with Crippen molar-refractivity contribution in [3.05, 3.63) is 58.6 Å². The predicted octanol–water partition coefficient (Wildman–Crippen LogP) is 3.59. The molecule has 5 nitrogen and oxygen atoms in total. The molecule has 126 valence electrons. The van der Waals surface area contributed by atoms with Crippen LogP contribution in [0.5, 0.6) is 11.5 Å². The van der Waals surface area contributed by atoms with Crippen LogP contribution >= 0.6 is 35.6 Å². The van der Waals surface area contributed by atoms with Gasteiger partial charge in [0.25, 0.3) is 0 Å². The second-order valence-corrected chi connectivity index (χ2v) is 6.73. The maximum absolute atomic E-state index is 7.35. The number of hydrogen-bond donors (Lipinski definition) is 4. The Kier molecular flexibility index (Phi) is 6.72. The maximum atomic E-state index is 7.35. The Hall–Kier alpha value is -1.96. The van der Waals surface area contributed by atoms with E-state index in [0.717, 1.165) is 11.1 Å². The standard InChI is InChI=1S/C16H17ClN4OS2/c17-12-6-5-11(9-24-15(18)19)14(7-12)22-13-4-2-1-3-10(13)8-21-16(20)23/h1-7H,8-9H2,(H3,18,19)(H3,20,21,23). The second kappa shape index (κ2) is 8.77. The largest absolute Gasteiger partial charge is 0.457 e. The number of amidine groups is 1. The minimum atomic E-state index is 0.0527. The molecule has 0 radical (unpaired) electrons. The Labute approximate surface area is 155 Å². The highest BCUT2D eigenvalue weighted by Crippen LogP contribution is 2.32. The van der Waals surface area contributed by atoms with E-state index >= 15 is 0 Å². The molecular weight excluding hydrogens is 364 g/mol. The lowest BCUT2D eigenvalue weighted by atomic mass is 10.2. The summed E-state index contributed by atoms with van der Waals surface area (Å²) in [5, 5.41) is 11.1. The number of hydrogen-bond acceptors (Lipinski definition) is 4. The number of rotatable bonds is 6. The zero-order valence-electron chi connectivity index (χ0n) is 12.7. The molecule has 0 saturated heterocycles. The summed E-state index contributed by atoms with van der Waals surface area (Å²) in [5.74, 6) is 1.83. The summed E-state index contributed by atoms with van der Waals surface area (Å²) in [6, 6.07) is 13.0. The molecule has 0 fully saturated rings. The Bertz CT molecular complexity index is 755. The lowest BCUT2D eigenvalue weighted by molar-refractivity contribution is 0.471. The number of benzene rings is 2. The number of halogens is 1. The van der Waals surface area contributed by atoms with Crippen LogP contribution in [0.15, 0.2) is 42.5 Å². The number of thiocarbonyl (C=S) groups is 1. The normalized spacial score (nSPS) is 10.2. The van der Waals surface area contributed by atoms with E-state index in [1.54, 1.807) is 12.1 Å². The summed E-state index contributed by atoms with van der Waals surface area (Å²) in [6.07, 6.45) is 0. The first-order chi connectivity index (χ1) is 11.5. The summed E-state index contributed by atoms with van der Waals surface area (Å²) in [7, 11) is 0. The van der Waals surface area contributed by atoms with Gasteiger partial charge in [-0.2, -0.15) is 0 Å². The van der Waals surface area contributed by atoms with E-state index in [4.69, 9.17) is 45.4 Å². The third-order valence-electron chi connectivity index (χ3n) is 3.06. The van der Waals surface area contributed by atoms with Crippen molar-refractivity contribution in [1.29, 1.82) is 5.41 Å². The molecule has 0 atom stereocenters. The first-order valence-corrected chi connectivity index (χ1v) is 8.77. The molecule has 0 aliphatic rings. The van der Waals surface area contributed by atoms with Crippen molar-refractivity contribution < 1.29 is 4.74 Å². The molecule has 0 aliphatic carbocycles. The smallest absolute Gasteiger partial charge is 0.163 e. The van der Waals surface area contributed by atoms with E-state index in [1.165, 1.54) is 11.8 Å². The monoisotopic (exact) mass is 380 g/mol. The maximum Gasteiger partial charge on any atom is 0.163 e. The van der Waals surface area contributed by atoms with E-state index in [2.05, 4.69) is 5.32 Å². The number of thioether (sulfide) groups is 1. The van der Waals surface area contributed by atoms with Crippen LogP contribution in [-0.4, -0.2) is 10.3 Å². The van der Waals surface area contributed by atoms with Crippen LogP contribution in [0.1, 0.15) is 11.1 Å². The quantitative estimate of drug-likeness (QED) is 0.347. The molecule has 0 amide bonds. The van der Waals surface area contributed by atoms with Crippen molar-refractivity contribution >= 4 is 45.9 Å². The highest BCUT2D eigenvalue weighted by molar-refractivity contribution is 8.13. The van der Waals surface area contributed by atoms with Crippen molar-refractivity contribution in [2.45, 2.75) is 12.3 Å². The molecule has 2 aromatic rings. The third kappa shape index (κ3) is 5.59. The zero-order chi connectivity index (χ0) is 17.5. The Morgan fingerprint density at radius 2 is 1.92 bits per heavy atom. The SMILES string of the molecule is N=C(N)SCc1ccc(Cl)cc1Oc1ccccc1CNC(N)=S. The van der Waals surface area contributed by atoms with E-state index in [1.807, 2.05) is 30.3 Å². The molecule has 8 heteroatoms. The van der Waals surface area contributed by atoms with Crippen LogP contribution in [0.2, 0.25) is 5.02 Å². The summed E-state index contributed by atoms with van der Waals surface area (Å²) < 4.78 is 6.05. The van der Waals surface area contributed by atoms with Gasteiger partial charge >= 0.3 is 0 Å². The number of para-hydroxylation sites is 1. The van der Waals surface area contributed by atoms with Gasteiger partial charge in [0.1, 0.15) is 11.5 Å². The molecule has 0 saturated carbocycles. The fourth-order valence-electron chi connectivity index (χ4n) is 1.95. The average Bonchev–Trinajstić information content (AvgIpc) is 2.53. The van der Waals surface area contributed by atoms with Gasteiger partial charge in [-0.3, -0.25) is 5.41 Å². The molecular formula is C16H17ClN4OS2. The zero-order valence-corrected chi connectivity index (χ0v) is 15.1. The first-order valence-electron chi connectivity index (χ1n) is 7.00. The minimum Gasteiger partial charge on any atom is -0.457 e. The lowest BCUT2D eigenvalue weighted by Crippen LogP contribution is -2.28. The summed E-state index contributed by atoms with van der Waals surface area (Å²) in [4.78, 5) is 0. The van der Waals surface area contributed by atoms with Gasteiger partial charge in [-0.1, -0.05) is 47.6 Å². The minimum absolute atomic E-state index is 0.0527. The fourth-order valence-corrected chi connectivity index (χ4v) is 2.73. The topological polar surface area (TPSA) is 97.2 Å². The molecule has 0 aliphatic heterocycles. The van der Waals surface area contributed by atoms with Crippen LogP contribution in [0.4, 0.5) is 0 Å². The van der Waals surface area contributed by atoms with E-state index in [-0.39, 0.29) is 10.3 Å². The third-order valence-corrected chi connectivity index (χ3v) is 4.20. The van der Waals surface area contributed by atoms with Gasteiger partial charge < -0.3 is 21.5 Å². The van der Waals surface area contributed by atoms with Crippen molar-refractivity contribution in [3.8, 4) is 11.5 Å². The predicted molar refractivity (Wildman–Crippen MR) is 105 cm³/mol. The summed E-state index contributed by atoms with van der Waals surface area (Å²) in [6.45, 7) is 0.462. The number of nitrogens with one attached hydrogen (secondary N) is 2. The molecule has 24 heavy (non-hydrogen) atoms. The van der Waals surface area contributed by atoms with Gasteiger partial charge in [0.2, 0.25) is 0 Å². The van der Waals surface area contributed by atoms with Crippen LogP contribution in [0.3, 0.4) is 0 Å². The summed E-state index contributed by atoms with van der Waals surface area (Å²) >= 11 is 12.2. The van der Waals surface area contributed by atoms with Crippen LogP contribution < -0.4 is 21.5 Å². The van der Waals surface area contributed by atoms with Crippen molar-refractivity contribution in [2.75, 3.05) is 0 Å². The van der Waals surface area contributed by atoms with Gasteiger partial charge in [0, 0.05) is 28.4 Å². The van der Waals surface area contributed by atoms with Gasteiger partial charge in [0.05, 0.1) is 0 Å². The second-order valence-electron chi connectivity index (χ2n) is 4.83. The van der Waals surface area contributed by atoms with Crippen LogP contribution in [0, 0.1) is 5.41 Å². The average molecular weight is 381 g/mol. The van der Waals surface area contributed by atoms with Gasteiger partial charge in [0.15, 0.2) is 10.3 Å². The van der Waals surface area contributed by atoms with E-state index < -0.39 is 0 Å². The Morgan fingerprint density at radius 1 is 1.17 bits per heavy atom. The van der Waals surface area contributed by atoms with Crippen LogP contribution in [-0.2, 0) is 12.3 Å². The van der Waals surface area contributed by atoms with Gasteiger partial charge in [-0.05, 0) is 30.4 Å². The van der Waals surface area contributed by atoms with Gasteiger partial charge in [-0.15, -0.1) is 0 Å². The molecule has 0 spiro atoms. The van der Waals surface area contributed by atoms with Crippen molar-refractivity contribution in [3.63, 3.8) is 0 Å². The van der Waals surface area contributed by atoms with Crippen molar-refractivity contribution in [2.24, 2.45) is 11.5 Å². The lowest BCUT2D eigenvalue weighted by Gasteiger charge is -2.15. The first kappa shape index (κ1) is 18.4. The molecule has 2 aromatic carbocycles. The van der Waals surface area contributed by atoms with Crippen LogP contribution in [0.25, 0.3) is 0 Å². The van der Waals surface area contributed by atoms with E-state index in [0.29, 0.717) is 28.8 Å². The number of nitrogens with two attached hydrogens (primary N) is 2. The van der Waals surface area contributed by atoms with E-state index in [9.17, 15) is 0 Å². The molecule has 2 rings (SSSR count).